The molecule has 1 atom stereocenters. The van der Waals surface area contributed by atoms with E-state index in [1.54, 1.807) is 18.7 Å². The van der Waals surface area contributed by atoms with Crippen molar-refractivity contribution >= 4 is 11.8 Å². The Morgan fingerprint density at radius 1 is 1.40 bits per heavy atom. The highest BCUT2D eigenvalue weighted by molar-refractivity contribution is 5.97. The molecule has 0 spiro atoms. The first-order valence-corrected chi connectivity index (χ1v) is 6.89. The molecule has 1 N–H and O–H groups in total. The Bertz CT molecular complexity index is 511. The van der Waals surface area contributed by atoms with Gasteiger partial charge in [0.25, 0.3) is 5.91 Å². The van der Waals surface area contributed by atoms with Crippen LogP contribution in [0.1, 0.15) is 37.0 Å². The molecule has 110 valence electrons. The summed E-state index contributed by atoms with van der Waals surface area (Å²) in [6, 6.07) is -0.453. The van der Waals surface area contributed by atoms with E-state index in [0.29, 0.717) is 30.4 Å². The molecule has 2 amide bonds. The second kappa shape index (κ2) is 5.60. The lowest BCUT2D eigenvalue weighted by Gasteiger charge is -2.39. The smallest absolute Gasteiger partial charge is 0.277 e. The van der Waals surface area contributed by atoms with Gasteiger partial charge < -0.3 is 9.80 Å². The number of aryl methyl sites for hydroxylation is 1. The van der Waals surface area contributed by atoms with E-state index in [0.717, 1.165) is 6.54 Å². The summed E-state index contributed by atoms with van der Waals surface area (Å²) in [7, 11) is 0. The molecule has 1 saturated heterocycles. The van der Waals surface area contributed by atoms with Crippen molar-refractivity contribution in [2.75, 3.05) is 19.6 Å². The number of hydrogen-bond donors (Lipinski definition) is 1. The molecule has 2 rings (SSSR count). The number of nitrogens with one attached hydrogen (secondary N) is 1. The summed E-state index contributed by atoms with van der Waals surface area (Å²) in [5.74, 6) is 0.187. The molecule has 0 aromatic carbocycles. The Balaban J connectivity index is 2.11. The Morgan fingerprint density at radius 2 is 2.10 bits per heavy atom. The van der Waals surface area contributed by atoms with Crippen molar-refractivity contribution in [2.24, 2.45) is 5.92 Å². The van der Waals surface area contributed by atoms with Gasteiger partial charge in [-0.1, -0.05) is 13.8 Å². The van der Waals surface area contributed by atoms with Gasteiger partial charge in [0.2, 0.25) is 5.91 Å². The summed E-state index contributed by atoms with van der Waals surface area (Å²) >= 11 is 0. The monoisotopic (exact) mass is 279 g/mol. The third-order valence-electron chi connectivity index (χ3n) is 3.52. The van der Waals surface area contributed by atoms with Gasteiger partial charge in [-0.2, -0.15) is 15.4 Å². The zero-order chi connectivity index (χ0) is 14.9. The normalized spacial score (nSPS) is 19.9. The number of amides is 2. The number of H-pyrrole nitrogens is 1. The van der Waals surface area contributed by atoms with Crippen LogP contribution in [0.25, 0.3) is 0 Å². The minimum atomic E-state index is -0.453. The molecule has 0 unspecified atom stereocenters. The van der Waals surface area contributed by atoms with Crippen LogP contribution in [-0.2, 0) is 4.79 Å². The van der Waals surface area contributed by atoms with Gasteiger partial charge in [-0.3, -0.25) is 9.59 Å². The Labute approximate surface area is 118 Å². The van der Waals surface area contributed by atoms with Crippen molar-refractivity contribution in [3.05, 3.63) is 11.4 Å². The molecule has 0 bridgehead atoms. The van der Waals surface area contributed by atoms with Gasteiger partial charge in [0, 0.05) is 19.6 Å². The van der Waals surface area contributed by atoms with Gasteiger partial charge in [-0.05, 0) is 19.8 Å². The van der Waals surface area contributed by atoms with Crippen LogP contribution in [0.15, 0.2) is 0 Å². The molecule has 0 aliphatic carbocycles. The molecule has 20 heavy (non-hydrogen) atoms. The number of carbonyl (C=O) groups is 2. The fourth-order valence-electron chi connectivity index (χ4n) is 2.45. The first-order valence-electron chi connectivity index (χ1n) is 6.89. The lowest BCUT2D eigenvalue weighted by molar-refractivity contribution is -0.140. The highest BCUT2D eigenvalue weighted by Gasteiger charge is 2.36. The first kappa shape index (κ1) is 14.5. The largest absolute Gasteiger partial charge is 0.339 e. The number of carbonyl (C=O) groups excluding carboxylic acids is 2. The lowest BCUT2D eigenvalue weighted by atomic mass is 10.1. The summed E-state index contributed by atoms with van der Waals surface area (Å²) in [6.07, 6.45) is 0. The van der Waals surface area contributed by atoms with Crippen LogP contribution in [-0.4, -0.2) is 62.7 Å². The van der Waals surface area contributed by atoms with Gasteiger partial charge in [0.05, 0.1) is 5.69 Å². The SMILES string of the molecule is Cc1n[nH]nc1C(=O)N1CCN(CC(C)C)C(=O)[C@H]1C. The third-order valence-corrected chi connectivity index (χ3v) is 3.52. The van der Waals surface area contributed by atoms with Gasteiger partial charge in [-0.15, -0.1) is 0 Å². The molecule has 7 heteroatoms. The fraction of sp³-hybridized carbons (Fsp3) is 0.692. The molecule has 7 nitrogen and oxygen atoms in total. The third kappa shape index (κ3) is 2.66. The van der Waals surface area contributed by atoms with Crippen molar-refractivity contribution in [1.29, 1.82) is 0 Å². The lowest BCUT2D eigenvalue weighted by Crippen LogP contribution is -2.58. The zero-order valence-corrected chi connectivity index (χ0v) is 12.4. The van der Waals surface area contributed by atoms with Crippen molar-refractivity contribution in [3.63, 3.8) is 0 Å². The summed E-state index contributed by atoms with van der Waals surface area (Å²) in [5.41, 5.74) is 0.848. The zero-order valence-electron chi connectivity index (χ0n) is 12.4. The van der Waals surface area contributed by atoms with Gasteiger partial charge in [0.15, 0.2) is 5.69 Å². The number of nitrogens with zero attached hydrogens (tertiary/aromatic N) is 4. The molecule has 2 heterocycles. The van der Waals surface area contributed by atoms with Crippen molar-refractivity contribution < 1.29 is 9.59 Å². The van der Waals surface area contributed by atoms with Crippen LogP contribution in [0.2, 0.25) is 0 Å². The van der Waals surface area contributed by atoms with E-state index in [9.17, 15) is 9.59 Å². The molecular weight excluding hydrogens is 258 g/mol. The quantitative estimate of drug-likeness (QED) is 0.870. The van der Waals surface area contributed by atoms with Crippen LogP contribution in [0.4, 0.5) is 0 Å². The predicted octanol–water partition coefficient (Wildman–Crippen LogP) is 0.442. The van der Waals surface area contributed by atoms with Crippen LogP contribution >= 0.6 is 0 Å². The maximum atomic E-state index is 12.4. The number of rotatable bonds is 3. The van der Waals surface area contributed by atoms with E-state index in [1.165, 1.54) is 0 Å². The first-order chi connectivity index (χ1) is 9.41. The standard InChI is InChI=1S/C13H21N5O2/c1-8(2)7-17-5-6-18(10(4)12(17)19)13(20)11-9(3)14-16-15-11/h8,10H,5-7H2,1-4H3,(H,14,15,16)/t10-/m1/s1. The molecule has 1 aliphatic heterocycles. The fourth-order valence-corrected chi connectivity index (χ4v) is 2.45. The summed E-state index contributed by atoms with van der Waals surface area (Å²) < 4.78 is 0. The van der Waals surface area contributed by atoms with Crippen molar-refractivity contribution in [2.45, 2.75) is 33.7 Å². The second-order valence-electron chi connectivity index (χ2n) is 5.61. The Morgan fingerprint density at radius 3 is 2.65 bits per heavy atom. The van der Waals surface area contributed by atoms with E-state index >= 15 is 0 Å². The predicted molar refractivity (Wildman–Crippen MR) is 73.0 cm³/mol. The summed E-state index contributed by atoms with van der Waals surface area (Å²) in [6.45, 7) is 9.48. The number of piperazine rings is 1. The molecule has 0 saturated carbocycles. The maximum absolute atomic E-state index is 12.4. The van der Waals surface area contributed by atoms with Crippen molar-refractivity contribution in [3.8, 4) is 0 Å². The number of aromatic amines is 1. The average molecular weight is 279 g/mol. The summed E-state index contributed by atoms with van der Waals surface area (Å²) in [4.78, 5) is 28.1. The Hall–Kier alpha value is -1.92. The van der Waals surface area contributed by atoms with Crippen LogP contribution in [0.3, 0.4) is 0 Å². The molecule has 1 aromatic heterocycles. The van der Waals surface area contributed by atoms with Gasteiger partial charge in [-0.25, -0.2) is 0 Å². The topological polar surface area (TPSA) is 82.2 Å². The van der Waals surface area contributed by atoms with Crippen LogP contribution in [0, 0.1) is 12.8 Å². The highest BCUT2D eigenvalue weighted by Crippen LogP contribution is 2.16. The van der Waals surface area contributed by atoms with E-state index in [4.69, 9.17) is 0 Å². The minimum Gasteiger partial charge on any atom is -0.339 e. The van der Waals surface area contributed by atoms with E-state index < -0.39 is 6.04 Å². The molecule has 1 aliphatic rings. The Kier molecular flexibility index (Phi) is 4.06. The number of aromatic nitrogens is 3. The number of hydrogen-bond acceptors (Lipinski definition) is 4. The highest BCUT2D eigenvalue weighted by atomic mass is 16.2. The van der Waals surface area contributed by atoms with E-state index in [-0.39, 0.29) is 11.8 Å². The van der Waals surface area contributed by atoms with E-state index in [2.05, 4.69) is 29.3 Å². The molecular formula is C13H21N5O2. The van der Waals surface area contributed by atoms with E-state index in [1.807, 2.05) is 4.90 Å². The van der Waals surface area contributed by atoms with Gasteiger partial charge in [0.1, 0.15) is 6.04 Å². The minimum absolute atomic E-state index is 0.000511. The van der Waals surface area contributed by atoms with Gasteiger partial charge >= 0.3 is 0 Å². The molecule has 1 fully saturated rings. The van der Waals surface area contributed by atoms with Crippen LogP contribution in [0.5, 0.6) is 0 Å². The summed E-state index contributed by atoms with van der Waals surface area (Å²) in [5, 5.41) is 10.2. The molecule has 0 radical (unpaired) electrons. The van der Waals surface area contributed by atoms with Crippen molar-refractivity contribution in [1.82, 2.24) is 25.2 Å². The average Bonchev–Trinajstić information content (AvgIpc) is 2.80. The van der Waals surface area contributed by atoms with Crippen LogP contribution < -0.4 is 0 Å². The maximum Gasteiger partial charge on any atom is 0.277 e. The second-order valence-corrected chi connectivity index (χ2v) is 5.61. The molecule has 1 aromatic rings.